The van der Waals surface area contributed by atoms with Crippen LogP contribution in [0.15, 0.2) is 24.3 Å². The topological polar surface area (TPSA) is 35.2 Å². The summed E-state index contributed by atoms with van der Waals surface area (Å²) in [6.07, 6.45) is 4.76. The third-order valence-electron chi connectivity index (χ3n) is 2.29. The summed E-state index contributed by atoms with van der Waals surface area (Å²) in [5.41, 5.74) is 7.82. The molecule has 0 spiro atoms. The first-order chi connectivity index (χ1) is 6.83. The lowest BCUT2D eigenvalue weighted by Gasteiger charge is -2.02. The number of benzene rings is 1. The minimum absolute atomic E-state index is 0.841. The molecule has 1 rings (SSSR count). The van der Waals surface area contributed by atoms with Crippen molar-refractivity contribution in [2.45, 2.75) is 25.7 Å². The Kier molecular flexibility index (Phi) is 5.08. The van der Waals surface area contributed by atoms with Crippen LogP contribution in [0.1, 0.15) is 24.8 Å². The summed E-state index contributed by atoms with van der Waals surface area (Å²) < 4.78 is 4.99. The van der Waals surface area contributed by atoms with Crippen LogP contribution in [0, 0.1) is 0 Å². The predicted molar refractivity (Wildman–Crippen MR) is 60.3 cm³/mol. The first-order valence-electron chi connectivity index (χ1n) is 5.16. The van der Waals surface area contributed by atoms with E-state index in [0.29, 0.717) is 0 Å². The monoisotopic (exact) mass is 193 g/mol. The Morgan fingerprint density at radius 2 is 1.79 bits per heavy atom. The molecular formula is C12H19NO. The van der Waals surface area contributed by atoms with Crippen LogP contribution >= 0.6 is 0 Å². The van der Waals surface area contributed by atoms with Crippen LogP contribution in [0.5, 0.6) is 0 Å². The molecule has 0 fully saturated rings. The SMILES string of the molecule is COCCCCCc1ccc(N)cc1. The van der Waals surface area contributed by atoms with Gasteiger partial charge < -0.3 is 10.5 Å². The minimum atomic E-state index is 0.841. The summed E-state index contributed by atoms with van der Waals surface area (Å²) in [6, 6.07) is 8.13. The number of hydrogen-bond acceptors (Lipinski definition) is 2. The molecule has 78 valence electrons. The van der Waals surface area contributed by atoms with Gasteiger partial charge in [-0.15, -0.1) is 0 Å². The molecule has 0 atom stereocenters. The summed E-state index contributed by atoms with van der Waals surface area (Å²) in [7, 11) is 1.75. The van der Waals surface area contributed by atoms with Gasteiger partial charge in [0.2, 0.25) is 0 Å². The lowest BCUT2D eigenvalue weighted by molar-refractivity contribution is 0.192. The number of unbranched alkanes of at least 4 members (excludes halogenated alkanes) is 2. The molecule has 0 unspecified atom stereocenters. The molecule has 14 heavy (non-hydrogen) atoms. The molecule has 0 amide bonds. The Morgan fingerprint density at radius 3 is 2.43 bits per heavy atom. The minimum Gasteiger partial charge on any atom is -0.399 e. The van der Waals surface area contributed by atoms with E-state index in [2.05, 4.69) is 12.1 Å². The first kappa shape index (κ1) is 11.1. The molecular weight excluding hydrogens is 174 g/mol. The second-order valence-corrected chi connectivity index (χ2v) is 3.55. The van der Waals surface area contributed by atoms with Crippen LogP contribution < -0.4 is 5.73 Å². The summed E-state index contributed by atoms with van der Waals surface area (Å²) in [4.78, 5) is 0. The highest BCUT2D eigenvalue weighted by Crippen LogP contribution is 2.09. The van der Waals surface area contributed by atoms with E-state index in [0.717, 1.165) is 25.1 Å². The normalized spacial score (nSPS) is 10.4. The third kappa shape index (κ3) is 4.28. The quantitative estimate of drug-likeness (QED) is 0.557. The van der Waals surface area contributed by atoms with Crippen molar-refractivity contribution >= 4 is 5.69 Å². The lowest BCUT2D eigenvalue weighted by atomic mass is 10.1. The molecule has 2 nitrogen and oxygen atoms in total. The van der Waals surface area contributed by atoms with E-state index in [-0.39, 0.29) is 0 Å². The standard InChI is InChI=1S/C12H19NO/c1-14-10-4-2-3-5-11-6-8-12(13)9-7-11/h6-9H,2-5,10,13H2,1H3. The van der Waals surface area contributed by atoms with Gasteiger partial charge in [0, 0.05) is 19.4 Å². The fourth-order valence-electron chi connectivity index (χ4n) is 1.44. The van der Waals surface area contributed by atoms with Crippen molar-refractivity contribution in [3.8, 4) is 0 Å². The van der Waals surface area contributed by atoms with E-state index >= 15 is 0 Å². The van der Waals surface area contributed by atoms with Gasteiger partial charge in [0.1, 0.15) is 0 Å². The second-order valence-electron chi connectivity index (χ2n) is 3.55. The van der Waals surface area contributed by atoms with Gasteiger partial charge in [-0.2, -0.15) is 0 Å². The number of nitrogens with two attached hydrogens (primary N) is 1. The van der Waals surface area contributed by atoms with E-state index in [1.54, 1.807) is 7.11 Å². The van der Waals surface area contributed by atoms with Gasteiger partial charge in [-0.3, -0.25) is 0 Å². The zero-order valence-corrected chi connectivity index (χ0v) is 8.83. The number of anilines is 1. The third-order valence-corrected chi connectivity index (χ3v) is 2.29. The molecule has 0 aliphatic heterocycles. The Bertz CT molecular complexity index is 243. The number of aryl methyl sites for hydroxylation is 1. The highest BCUT2D eigenvalue weighted by atomic mass is 16.5. The molecule has 0 bridgehead atoms. The summed E-state index contributed by atoms with van der Waals surface area (Å²) in [6.45, 7) is 0.877. The van der Waals surface area contributed by atoms with Crippen molar-refractivity contribution in [1.29, 1.82) is 0 Å². The molecule has 2 heteroatoms. The van der Waals surface area contributed by atoms with Crippen molar-refractivity contribution in [2.24, 2.45) is 0 Å². The van der Waals surface area contributed by atoms with Crippen molar-refractivity contribution in [1.82, 2.24) is 0 Å². The van der Waals surface area contributed by atoms with Gasteiger partial charge in [-0.05, 0) is 37.0 Å². The number of rotatable bonds is 6. The first-order valence-corrected chi connectivity index (χ1v) is 5.16. The summed E-state index contributed by atoms with van der Waals surface area (Å²) in [5, 5.41) is 0. The highest BCUT2D eigenvalue weighted by molar-refractivity contribution is 5.39. The van der Waals surface area contributed by atoms with E-state index in [9.17, 15) is 0 Å². The maximum absolute atomic E-state index is 5.60. The average Bonchev–Trinajstić information content (AvgIpc) is 2.21. The summed E-state index contributed by atoms with van der Waals surface area (Å²) >= 11 is 0. The van der Waals surface area contributed by atoms with E-state index in [1.165, 1.54) is 18.4 Å². The van der Waals surface area contributed by atoms with Gasteiger partial charge in [0.15, 0.2) is 0 Å². The van der Waals surface area contributed by atoms with Gasteiger partial charge in [0.25, 0.3) is 0 Å². The molecule has 1 aromatic carbocycles. The molecule has 0 heterocycles. The van der Waals surface area contributed by atoms with E-state index in [1.807, 2.05) is 12.1 Å². The molecule has 0 aliphatic carbocycles. The molecule has 0 aromatic heterocycles. The number of ether oxygens (including phenoxy) is 1. The van der Waals surface area contributed by atoms with Gasteiger partial charge in [-0.1, -0.05) is 18.6 Å². The Hall–Kier alpha value is -1.02. The van der Waals surface area contributed by atoms with Crippen LogP contribution in [0.25, 0.3) is 0 Å². The van der Waals surface area contributed by atoms with Crippen LogP contribution in [0.3, 0.4) is 0 Å². The van der Waals surface area contributed by atoms with Crippen molar-refractivity contribution in [3.63, 3.8) is 0 Å². The average molecular weight is 193 g/mol. The molecule has 0 saturated heterocycles. The van der Waals surface area contributed by atoms with Crippen LogP contribution in [-0.4, -0.2) is 13.7 Å². The smallest absolute Gasteiger partial charge is 0.0462 e. The van der Waals surface area contributed by atoms with Crippen LogP contribution in [-0.2, 0) is 11.2 Å². The Balaban J connectivity index is 2.15. The van der Waals surface area contributed by atoms with Crippen molar-refractivity contribution < 1.29 is 4.74 Å². The zero-order chi connectivity index (χ0) is 10.2. The maximum Gasteiger partial charge on any atom is 0.0462 e. The lowest BCUT2D eigenvalue weighted by Crippen LogP contribution is -1.91. The molecule has 2 N–H and O–H groups in total. The van der Waals surface area contributed by atoms with Crippen molar-refractivity contribution in [2.75, 3.05) is 19.5 Å². The second kappa shape index (κ2) is 6.44. The van der Waals surface area contributed by atoms with Gasteiger partial charge in [0.05, 0.1) is 0 Å². The number of nitrogen functional groups attached to an aromatic ring is 1. The maximum atomic E-state index is 5.60. The summed E-state index contributed by atoms with van der Waals surface area (Å²) in [5.74, 6) is 0. The predicted octanol–water partition coefficient (Wildman–Crippen LogP) is 2.63. The van der Waals surface area contributed by atoms with E-state index < -0.39 is 0 Å². The highest BCUT2D eigenvalue weighted by Gasteiger charge is 1.93. The van der Waals surface area contributed by atoms with Crippen LogP contribution in [0.4, 0.5) is 5.69 Å². The molecule has 0 aliphatic rings. The van der Waals surface area contributed by atoms with Gasteiger partial charge >= 0.3 is 0 Å². The zero-order valence-electron chi connectivity index (χ0n) is 8.83. The molecule has 1 aromatic rings. The Morgan fingerprint density at radius 1 is 1.07 bits per heavy atom. The van der Waals surface area contributed by atoms with Crippen LogP contribution in [0.2, 0.25) is 0 Å². The molecule has 0 saturated carbocycles. The number of methoxy groups -OCH3 is 1. The Labute approximate surface area is 86.1 Å². The molecule has 0 radical (unpaired) electrons. The van der Waals surface area contributed by atoms with E-state index in [4.69, 9.17) is 10.5 Å². The largest absolute Gasteiger partial charge is 0.399 e. The fraction of sp³-hybridized carbons (Fsp3) is 0.500. The fourth-order valence-corrected chi connectivity index (χ4v) is 1.44. The van der Waals surface area contributed by atoms with Gasteiger partial charge in [-0.25, -0.2) is 0 Å². The van der Waals surface area contributed by atoms with Crippen molar-refractivity contribution in [3.05, 3.63) is 29.8 Å². The number of hydrogen-bond donors (Lipinski definition) is 1.